The van der Waals surface area contributed by atoms with Crippen LogP contribution in [0.4, 0.5) is 0 Å². The van der Waals surface area contributed by atoms with Gasteiger partial charge >= 0.3 is 0 Å². The van der Waals surface area contributed by atoms with Crippen LogP contribution in [0.5, 0.6) is 0 Å². The van der Waals surface area contributed by atoms with Crippen LogP contribution in [0, 0.1) is 0 Å². The molecule has 0 atom stereocenters. The first-order valence-corrected chi connectivity index (χ1v) is 8.48. The standard InChI is InChI=1S/C17H21Si/c1-17(2,3)14-10-12-16(13-11-14)18(4)15-8-6-5-7-9-15/h5-13H,1-4H3. The fraction of sp³-hybridized carbons (Fsp3) is 0.294. The lowest BCUT2D eigenvalue weighted by molar-refractivity contribution is 0.590. The molecule has 0 N–H and O–H groups in total. The molecule has 0 saturated heterocycles. The number of hydrogen-bond donors (Lipinski definition) is 0. The molecule has 2 aromatic carbocycles. The van der Waals surface area contributed by atoms with Crippen molar-refractivity contribution in [3.8, 4) is 0 Å². The van der Waals surface area contributed by atoms with E-state index < -0.39 is 8.80 Å². The molecule has 1 radical (unpaired) electrons. The largest absolute Gasteiger partial charge is 0.118 e. The zero-order valence-corrected chi connectivity index (χ0v) is 12.7. The van der Waals surface area contributed by atoms with Crippen LogP contribution in [-0.2, 0) is 5.41 Å². The Morgan fingerprint density at radius 1 is 0.722 bits per heavy atom. The van der Waals surface area contributed by atoms with Crippen LogP contribution in [0.15, 0.2) is 54.6 Å². The third kappa shape index (κ3) is 2.91. The van der Waals surface area contributed by atoms with E-state index in [1.54, 1.807) is 0 Å². The van der Waals surface area contributed by atoms with E-state index in [9.17, 15) is 0 Å². The summed E-state index contributed by atoms with van der Waals surface area (Å²) in [5, 5.41) is 2.96. The second kappa shape index (κ2) is 5.11. The van der Waals surface area contributed by atoms with Crippen LogP contribution in [0.2, 0.25) is 6.55 Å². The zero-order valence-electron chi connectivity index (χ0n) is 11.7. The molecule has 0 fully saturated rings. The van der Waals surface area contributed by atoms with Crippen LogP contribution < -0.4 is 10.4 Å². The van der Waals surface area contributed by atoms with Crippen molar-refractivity contribution in [2.45, 2.75) is 32.7 Å². The first kappa shape index (κ1) is 13.1. The summed E-state index contributed by atoms with van der Waals surface area (Å²) in [6, 6.07) is 20.0. The van der Waals surface area contributed by atoms with Crippen LogP contribution in [-0.4, -0.2) is 8.80 Å². The summed E-state index contributed by atoms with van der Waals surface area (Å²) in [6.45, 7) is 9.15. The zero-order chi connectivity index (χ0) is 13.2. The van der Waals surface area contributed by atoms with Gasteiger partial charge in [-0.05, 0) is 11.0 Å². The molecule has 0 aromatic heterocycles. The van der Waals surface area contributed by atoms with Crippen molar-refractivity contribution in [2.24, 2.45) is 0 Å². The maximum absolute atomic E-state index is 2.37. The quantitative estimate of drug-likeness (QED) is 0.721. The highest BCUT2D eigenvalue weighted by Gasteiger charge is 2.15. The fourth-order valence-electron chi connectivity index (χ4n) is 2.08. The van der Waals surface area contributed by atoms with E-state index in [1.807, 2.05) is 0 Å². The van der Waals surface area contributed by atoms with Gasteiger partial charge in [0.2, 0.25) is 0 Å². The predicted molar refractivity (Wildman–Crippen MR) is 82.5 cm³/mol. The van der Waals surface area contributed by atoms with Gasteiger partial charge in [0.15, 0.2) is 0 Å². The van der Waals surface area contributed by atoms with E-state index in [1.165, 1.54) is 15.9 Å². The minimum absolute atomic E-state index is 0.242. The molecular weight excluding hydrogens is 232 g/mol. The van der Waals surface area contributed by atoms with Crippen molar-refractivity contribution in [1.29, 1.82) is 0 Å². The SMILES string of the molecule is C[Si](c1ccccc1)c1ccc(C(C)(C)C)cc1. The van der Waals surface area contributed by atoms with Crippen LogP contribution in [0.25, 0.3) is 0 Å². The molecule has 0 aliphatic rings. The maximum Gasteiger partial charge on any atom is 0.118 e. The topological polar surface area (TPSA) is 0 Å². The molecular formula is C17H21Si. The van der Waals surface area contributed by atoms with Gasteiger partial charge in [-0.25, -0.2) is 0 Å². The predicted octanol–water partition coefficient (Wildman–Crippen LogP) is 3.22. The minimum Gasteiger partial charge on any atom is -0.0628 e. The van der Waals surface area contributed by atoms with Gasteiger partial charge in [-0.1, -0.05) is 92.3 Å². The van der Waals surface area contributed by atoms with Crippen molar-refractivity contribution in [2.75, 3.05) is 0 Å². The monoisotopic (exact) mass is 253 g/mol. The Balaban J connectivity index is 2.25. The third-order valence-corrected chi connectivity index (χ3v) is 5.79. The van der Waals surface area contributed by atoms with Crippen LogP contribution >= 0.6 is 0 Å². The smallest absolute Gasteiger partial charge is 0.0628 e. The van der Waals surface area contributed by atoms with Crippen LogP contribution in [0.1, 0.15) is 26.3 Å². The van der Waals surface area contributed by atoms with Crippen molar-refractivity contribution in [3.63, 3.8) is 0 Å². The Morgan fingerprint density at radius 3 is 1.72 bits per heavy atom. The lowest BCUT2D eigenvalue weighted by Crippen LogP contribution is -2.39. The summed E-state index contributed by atoms with van der Waals surface area (Å²) in [5.41, 5.74) is 1.65. The number of benzene rings is 2. The second-order valence-electron chi connectivity index (χ2n) is 5.82. The van der Waals surface area contributed by atoms with Gasteiger partial charge < -0.3 is 0 Å². The van der Waals surface area contributed by atoms with E-state index in [2.05, 4.69) is 81.9 Å². The Bertz CT molecular complexity index is 491. The van der Waals surface area contributed by atoms with Crippen LogP contribution in [0.3, 0.4) is 0 Å². The molecule has 0 bridgehead atoms. The lowest BCUT2D eigenvalue weighted by atomic mass is 9.87. The third-order valence-electron chi connectivity index (χ3n) is 3.39. The van der Waals surface area contributed by atoms with Gasteiger partial charge in [-0.15, -0.1) is 0 Å². The van der Waals surface area contributed by atoms with Crippen molar-refractivity contribution in [1.82, 2.24) is 0 Å². The first-order valence-electron chi connectivity index (χ1n) is 6.48. The molecule has 18 heavy (non-hydrogen) atoms. The summed E-state index contributed by atoms with van der Waals surface area (Å²) in [6.07, 6.45) is 0. The Kier molecular flexibility index (Phi) is 3.72. The van der Waals surface area contributed by atoms with Gasteiger partial charge in [-0.3, -0.25) is 0 Å². The van der Waals surface area contributed by atoms with Crippen molar-refractivity contribution in [3.05, 3.63) is 60.2 Å². The number of rotatable bonds is 2. The van der Waals surface area contributed by atoms with E-state index in [0.717, 1.165) is 0 Å². The van der Waals surface area contributed by atoms with E-state index in [4.69, 9.17) is 0 Å². The van der Waals surface area contributed by atoms with E-state index >= 15 is 0 Å². The van der Waals surface area contributed by atoms with Crippen molar-refractivity contribution < 1.29 is 0 Å². The average molecular weight is 253 g/mol. The van der Waals surface area contributed by atoms with Crippen molar-refractivity contribution >= 4 is 19.2 Å². The highest BCUT2D eigenvalue weighted by molar-refractivity contribution is 6.84. The van der Waals surface area contributed by atoms with Gasteiger partial charge in [0, 0.05) is 0 Å². The summed E-state index contributed by atoms with van der Waals surface area (Å²) < 4.78 is 0. The van der Waals surface area contributed by atoms with Gasteiger partial charge in [-0.2, -0.15) is 0 Å². The second-order valence-corrected chi connectivity index (χ2v) is 8.22. The molecule has 93 valence electrons. The Morgan fingerprint density at radius 2 is 1.22 bits per heavy atom. The maximum atomic E-state index is 2.37. The number of hydrogen-bond acceptors (Lipinski definition) is 0. The molecule has 0 amide bonds. The molecule has 2 aromatic rings. The summed E-state index contributed by atoms with van der Waals surface area (Å²) in [7, 11) is -0.606. The molecule has 0 unspecified atom stereocenters. The molecule has 0 aliphatic carbocycles. The molecule has 1 heteroatoms. The average Bonchev–Trinajstić information content (AvgIpc) is 2.38. The summed E-state index contributed by atoms with van der Waals surface area (Å²) in [4.78, 5) is 0. The molecule has 0 nitrogen and oxygen atoms in total. The van der Waals surface area contributed by atoms with Gasteiger partial charge in [0.1, 0.15) is 8.80 Å². The molecule has 2 rings (SSSR count). The van der Waals surface area contributed by atoms with Gasteiger partial charge in [0.25, 0.3) is 0 Å². The molecule has 0 aliphatic heterocycles. The highest BCUT2D eigenvalue weighted by atomic mass is 28.3. The normalized spacial score (nSPS) is 11.8. The van der Waals surface area contributed by atoms with Gasteiger partial charge in [0.05, 0.1) is 0 Å². The van der Waals surface area contributed by atoms with E-state index in [-0.39, 0.29) is 5.41 Å². The first-order chi connectivity index (χ1) is 8.48. The molecule has 0 heterocycles. The van der Waals surface area contributed by atoms with E-state index in [0.29, 0.717) is 0 Å². The highest BCUT2D eigenvalue weighted by Crippen LogP contribution is 2.20. The Hall–Kier alpha value is -1.34. The summed E-state index contributed by atoms with van der Waals surface area (Å²) >= 11 is 0. The summed E-state index contributed by atoms with van der Waals surface area (Å²) in [5.74, 6) is 0. The minimum atomic E-state index is -0.606. The molecule has 0 spiro atoms. The lowest BCUT2D eigenvalue weighted by Gasteiger charge is -2.20. The fourth-order valence-corrected chi connectivity index (χ4v) is 3.77. The Labute approximate surface area is 112 Å². The molecule has 0 saturated carbocycles.